The van der Waals surface area contributed by atoms with Crippen LogP contribution in [0.4, 0.5) is 5.13 Å². The summed E-state index contributed by atoms with van der Waals surface area (Å²) in [7, 11) is 2.07. The largest absolute Gasteiger partial charge is 0.477 e. The number of hydrogen-bond acceptors (Lipinski definition) is 10. The van der Waals surface area contributed by atoms with Crippen molar-refractivity contribution >= 4 is 51.7 Å². The number of likely N-dealkylation sites (N-methyl/N-ethyl adjacent to an activating group) is 1. The number of nitrogen functional groups attached to an aromatic ring is 1. The van der Waals surface area contributed by atoms with Crippen molar-refractivity contribution in [3.63, 3.8) is 0 Å². The first-order valence-corrected chi connectivity index (χ1v) is 12.7. The molecule has 4 rings (SSSR count). The van der Waals surface area contributed by atoms with Gasteiger partial charge in [0.15, 0.2) is 10.8 Å². The van der Waals surface area contributed by atoms with Gasteiger partial charge in [-0.25, -0.2) is 9.78 Å². The van der Waals surface area contributed by atoms with E-state index >= 15 is 0 Å². The standard InChI is InChI=1S/C20H26N6O6S2/c1-26(5-2-3-11(26)4-6-27)7-10-8-33-18-14(17(29)25(18)15(10)19(30)31)23-16(28)13(24-32)12-9-34-20(21)22-12/h9,11,14,18,27H,2-8H2,1H3,(H4-,21,22,23,28,30,31,32)/p+1/t11?,14?,18-,26?/m0/s1. The summed E-state index contributed by atoms with van der Waals surface area (Å²) in [4.78, 5) is 42.9. The van der Waals surface area contributed by atoms with E-state index in [2.05, 4.69) is 22.5 Å². The van der Waals surface area contributed by atoms with E-state index in [0.29, 0.717) is 28.8 Å². The second kappa shape index (κ2) is 9.52. The predicted molar refractivity (Wildman–Crippen MR) is 125 cm³/mol. The average molecular weight is 512 g/mol. The molecule has 34 heavy (non-hydrogen) atoms. The van der Waals surface area contributed by atoms with Crippen LogP contribution in [0.25, 0.3) is 0 Å². The molecule has 3 unspecified atom stereocenters. The molecule has 0 spiro atoms. The van der Waals surface area contributed by atoms with Gasteiger partial charge >= 0.3 is 5.97 Å². The van der Waals surface area contributed by atoms with E-state index in [1.165, 1.54) is 22.0 Å². The number of likely N-dealkylation sites (tertiary alicyclic amines) is 1. The lowest BCUT2D eigenvalue weighted by molar-refractivity contribution is -0.917. The number of quaternary nitrogens is 1. The molecule has 184 valence electrons. The Bertz CT molecular complexity index is 1070. The van der Waals surface area contributed by atoms with Crippen LogP contribution in [0.2, 0.25) is 0 Å². The fourth-order valence-electron chi connectivity index (χ4n) is 5.06. The number of thiazole rings is 1. The number of oxime groups is 1. The number of anilines is 1. The summed E-state index contributed by atoms with van der Waals surface area (Å²) in [5.41, 5.74) is 5.92. The molecule has 12 nitrogen and oxygen atoms in total. The molecule has 14 heteroatoms. The smallest absolute Gasteiger partial charge is 0.352 e. The molecule has 1 aromatic heterocycles. The molecule has 2 saturated heterocycles. The van der Waals surface area contributed by atoms with Gasteiger partial charge in [-0.3, -0.25) is 14.5 Å². The van der Waals surface area contributed by atoms with Crippen molar-refractivity contribution < 1.29 is 34.3 Å². The minimum atomic E-state index is -1.18. The molecular weight excluding hydrogens is 484 g/mol. The Hall–Kier alpha value is -2.68. The highest BCUT2D eigenvalue weighted by Crippen LogP contribution is 2.42. The summed E-state index contributed by atoms with van der Waals surface area (Å²) in [6.45, 7) is 1.45. The molecule has 4 heterocycles. The molecule has 0 aromatic carbocycles. The van der Waals surface area contributed by atoms with E-state index in [4.69, 9.17) is 5.73 Å². The fourth-order valence-corrected chi connectivity index (χ4v) is 6.94. The molecule has 3 aliphatic heterocycles. The Kier molecular flexibility index (Phi) is 6.85. The van der Waals surface area contributed by atoms with Gasteiger partial charge in [-0.15, -0.1) is 23.1 Å². The third-order valence-electron chi connectivity index (χ3n) is 6.72. The number of aromatic nitrogens is 1. The summed E-state index contributed by atoms with van der Waals surface area (Å²) in [6, 6.07) is -0.717. The number of aliphatic hydroxyl groups is 1. The Morgan fingerprint density at radius 1 is 1.44 bits per heavy atom. The molecule has 2 amide bonds. The van der Waals surface area contributed by atoms with Crippen LogP contribution in [-0.4, -0.2) is 103 Å². The lowest BCUT2D eigenvalue weighted by Crippen LogP contribution is -2.71. The van der Waals surface area contributed by atoms with Gasteiger partial charge in [0.25, 0.3) is 11.8 Å². The van der Waals surface area contributed by atoms with Crippen LogP contribution in [0, 0.1) is 0 Å². The van der Waals surface area contributed by atoms with Crippen molar-refractivity contribution in [3.05, 3.63) is 22.3 Å². The first-order chi connectivity index (χ1) is 16.2. The second-order valence-electron chi connectivity index (χ2n) is 8.81. The number of nitrogens with two attached hydrogens (primary N) is 1. The van der Waals surface area contributed by atoms with Crippen molar-refractivity contribution in [2.75, 3.05) is 38.2 Å². The van der Waals surface area contributed by atoms with Crippen LogP contribution < -0.4 is 11.1 Å². The van der Waals surface area contributed by atoms with Crippen LogP contribution in [-0.2, 0) is 14.4 Å². The number of aliphatic carboxylic acids is 1. The van der Waals surface area contributed by atoms with Crippen molar-refractivity contribution in [1.29, 1.82) is 0 Å². The van der Waals surface area contributed by atoms with E-state index in [1.807, 2.05) is 0 Å². The van der Waals surface area contributed by atoms with E-state index in [1.54, 1.807) is 0 Å². The predicted octanol–water partition coefficient (Wildman–Crippen LogP) is -0.366. The number of β-lactam (4-membered cyclic amide) rings is 1. The third kappa shape index (κ3) is 4.26. The highest BCUT2D eigenvalue weighted by molar-refractivity contribution is 8.00. The van der Waals surface area contributed by atoms with Gasteiger partial charge < -0.3 is 31.0 Å². The van der Waals surface area contributed by atoms with Gasteiger partial charge in [-0.05, 0) is 0 Å². The maximum absolute atomic E-state index is 13.0. The van der Waals surface area contributed by atoms with Crippen LogP contribution in [0.3, 0.4) is 0 Å². The molecule has 4 atom stereocenters. The lowest BCUT2D eigenvalue weighted by Gasteiger charge is -2.50. The van der Waals surface area contributed by atoms with Crippen molar-refractivity contribution in [1.82, 2.24) is 15.2 Å². The molecule has 0 aliphatic carbocycles. The first kappa shape index (κ1) is 24.4. The SMILES string of the molecule is C[N+]1(CC2=C(C(=O)O)N3C(=O)C(NC(=O)C(=NO)c4csc(N)n4)[C@@H]3SC2)CCCC1CCO. The minimum Gasteiger partial charge on any atom is -0.477 e. The monoisotopic (exact) mass is 511 g/mol. The van der Waals surface area contributed by atoms with E-state index in [-0.39, 0.29) is 34.9 Å². The van der Waals surface area contributed by atoms with Crippen LogP contribution >= 0.6 is 23.1 Å². The summed E-state index contributed by atoms with van der Waals surface area (Å²) < 4.78 is 0.632. The van der Waals surface area contributed by atoms with Crippen molar-refractivity contribution in [2.45, 2.75) is 36.7 Å². The van der Waals surface area contributed by atoms with Gasteiger partial charge in [-0.2, -0.15) is 0 Å². The number of carboxylic acid groups (broad SMARTS) is 1. The number of fused-ring (bicyclic) bond motifs is 1. The van der Waals surface area contributed by atoms with Crippen LogP contribution in [0.15, 0.2) is 21.8 Å². The molecule has 1 aromatic rings. The zero-order valence-electron chi connectivity index (χ0n) is 18.5. The second-order valence-corrected chi connectivity index (χ2v) is 10.8. The maximum atomic E-state index is 13.0. The number of rotatable bonds is 8. The number of aliphatic hydroxyl groups excluding tert-OH is 1. The molecule has 2 fully saturated rings. The highest BCUT2D eigenvalue weighted by atomic mass is 32.2. The zero-order valence-corrected chi connectivity index (χ0v) is 20.1. The van der Waals surface area contributed by atoms with Crippen molar-refractivity contribution in [2.24, 2.45) is 5.16 Å². The number of hydrogen-bond donors (Lipinski definition) is 5. The van der Waals surface area contributed by atoms with Crippen LogP contribution in [0.1, 0.15) is 25.0 Å². The number of carbonyl (C=O) groups excluding carboxylic acids is 2. The quantitative estimate of drug-likeness (QED) is 0.102. The average Bonchev–Trinajstić information content (AvgIpc) is 3.37. The normalized spacial score (nSPS) is 29.1. The van der Waals surface area contributed by atoms with E-state index < -0.39 is 29.2 Å². The number of nitrogens with zero attached hydrogens (tertiary/aromatic N) is 4. The summed E-state index contributed by atoms with van der Waals surface area (Å²) in [5.74, 6) is -2.11. The van der Waals surface area contributed by atoms with Gasteiger partial charge in [-0.1, -0.05) is 5.16 Å². The molecule has 6 N–H and O–H groups in total. The maximum Gasteiger partial charge on any atom is 0.352 e. The van der Waals surface area contributed by atoms with Crippen LogP contribution in [0.5, 0.6) is 0 Å². The van der Waals surface area contributed by atoms with Crippen molar-refractivity contribution in [3.8, 4) is 0 Å². The summed E-state index contributed by atoms with van der Waals surface area (Å²) in [6.07, 6.45) is 2.62. The molecule has 0 radical (unpaired) electrons. The summed E-state index contributed by atoms with van der Waals surface area (Å²) >= 11 is 2.46. The topological polar surface area (TPSA) is 178 Å². The van der Waals surface area contributed by atoms with Gasteiger partial charge in [0, 0.05) is 42.6 Å². The molecule has 0 bridgehead atoms. The fraction of sp³-hybridized carbons (Fsp3) is 0.550. The summed E-state index contributed by atoms with van der Waals surface area (Å²) in [5, 5.41) is 35.2. The molecule has 3 aliphatic rings. The third-order valence-corrected chi connectivity index (χ3v) is 8.73. The Labute approximate surface area is 203 Å². The minimum absolute atomic E-state index is 0.0310. The first-order valence-electron chi connectivity index (χ1n) is 10.8. The Morgan fingerprint density at radius 2 is 2.21 bits per heavy atom. The van der Waals surface area contributed by atoms with E-state index in [9.17, 15) is 29.8 Å². The van der Waals surface area contributed by atoms with Gasteiger partial charge in [0.1, 0.15) is 29.4 Å². The number of nitrogens with one attached hydrogen (secondary N) is 1. The highest BCUT2D eigenvalue weighted by Gasteiger charge is 2.55. The number of carbonyl (C=O) groups is 3. The number of carboxylic acids is 1. The number of amides is 2. The molecular formula is C20H27N6O6S2+. The van der Waals surface area contributed by atoms with E-state index in [0.717, 1.165) is 30.7 Å². The van der Waals surface area contributed by atoms with Gasteiger partial charge in [0.2, 0.25) is 0 Å². The Morgan fingerprint density at radius 3 is 2.82 bits per heavy atom. The Balaban J connectivity index is 1.51. The zero-order chi connectivity index (χ0) is 24.6. The molecule has 0 saturated carbocycles. The number of thioether (sulfide) groups is 1. The lowest BCUT2D eigenvalue weighted by atomic mass is 10.0. The van der Waals surface area contributed by atoms with Gasteiger partial charge in [0.05, 0.1) is 19.6 Å².